The molecular weight excluding hydrogens is 332 g/mol. The van der Waals surface area contributed by atoms with E-state index in [9.17, 15) is 0 Å². The lowest BCUT2D eigenvalue weighted by atomic mass is 9.61. The first-order valence-corrected chi connectivity index (χ1v) is 11.8. The molecule has 3 nitrogen and oxygen atoms in total. The van der Waals surface area contributed by atoms with E-state index < -0.39 is 0 Å². The number of hydrogen-bond donors (Lipinski definition) is 0. The van der Waals surface area contributed by atoms with Crippen molar-refractivity contribution in [3.05, 3.63) is 0 Å². The predicted molar refractivity (Wildman–Crippen MR) is 111 cm³/mol. The molecule has 0 amide bonds. The lowest BCUT2D eigenvalue weighted by Gasteiger charge is -2.53. The van der Waals surface area contributed by atoms with E-state index in [0.29, 0.717) is 29.9 Å². The van der Waals surface area contributed by atoms with E-state index in [1.165, 1.54) is 51.4 Å². The molecule has 27 heavy (non-hydrogen) atoms. The highest BCUT2D eigenvalue weighted by molar-refractivity contribution is 5.71. The van der Waals surface area contributed by atoms with E-state index in [4.69, 9.17) is 9.73 Å². The fraction of sp³-hybridized carbons (Fsp3) is 0.958. The van der Waals surface area contributed by atoms with Crippen LogP contribution in [-0.2, 0) is 4.74 Å². The molecule has 2 aliphatic heterocycles. The van der Waals surface area contributed by atoms with Gasteiger partial charge in [0.2, 0.25) is 0 Å². The second-order valence-electron chi connectivity index (χ2n) is 11.3. The first kappa shape index (κ1) is 18.6. The summed E-state index contributed by atoms with van der Waals surface area (Å²) in [6, 6.07) is 0.418. The van der Waals surface area contributed by atoms with Gasteiger partial charge in [0, 0.05) is 17.7 Å². The van der Waals surface area contributed by atoms with Crippen molar-refractivity contribution in [1.82, 2.24) is 4.90 Å². The van der Waals surface area contributed by atoms with E-state index in [2.05, 4.69) is 45.9 Å². The van der Waals surface area contributed by atoms with Crippen LogP contribution in [0.4, 0.5) is 0 Å². The van der Waals surface area contributed by atoms with Crippen LogP contribution in [0.2, 0.25) is 0 Å². The molecular formula is C24H40N2O. The molecule has 3 aliphatic carbocycles. The maximum atomic E-state index is 7.32. The maximum absolute atomic E-state index is 7.32. The van der Waals surface area contributed by atoms with Gasteiger partial charge in [0.15, 0.2) is 5.72 Å². The first-order valence-electron chi connectivity index (χ1n) is 11.8. The fourth-order valence-electron chi connectivity index (χ4n) is 8.26. The zero-order chi connectivity index (χ0) is 19.0. The molecule has 9 unspecified atom stereocenters. The van der Waals surface area contributed by atoms with Crippen molar-refractivity contribution in [3.8, 4) is 0 Å². The Morgan fingerprint density at radius 1 is 0.926 bits per heavy atom. The number of likely N-dealkylation sites (tertiary alicyclic amines) is 1. The minimum absolute atomic E-state index is 0.165. The third-order valence-electron chi connectivity index (χ3n) is 9.75. The van der Waals surface area contributed by atoms with Crippen LogP contribution in [0.3, 0.4) is 0 Å². The summed E-state index contributed by atoms with van der Waals surface area (Å²) in [5.74, 6) is 4.40. The summed E-state index contributed by atoms with van der Waals surface area (Å²) < 4.78 is 7.32. The monoisotopic (exact) mass is 372 g/mol. The van der Waals surface area contributed by atoms with Crippen LogP contribution >= 0.6 is 0 Å². The van der Waals surface area contributed by atoms with Gasteiger partial charge in [0.1, 0.15) is 0 Å². The second kappa shape index (κ2) is 6.29. The maximum Gasteiger partial charge on any atom is 0.161 e. The Bertz CT molecular complexity index is 616. The van der Waals surface area contributed by atoms with Crippen LogP contribution in [0.1, 0.15) is 79.1 Å². The second-order valence-corrected chi connectivity index (χ2v) is 11.3. The van der Waals surface area contributed by atoms with Gasteiger partial charge in [0.05, 0.1) is 12.1 Å². The molecule has 0 aromatic rings. The van der Waals surface area contributed by atoms with Gasteiger partial charge in [-0.2, -0.15) is 0 Å². The number of nitrogens with zero attached hydrogens (tertiary/aromatic N) is 2. The Kier molecular flexibility index (Phi) is 4.34. The van der Waals surface area contributed by atoms with E-state index in [1.54, 1.807) is 0 Å². The summed E-state index contributed by atoms with van der Waals surface area (Å²) in [5.41, 5.74) is -0.110. The molecule has 4 fully saturated rings. The van der Waals surface area contributed by atoms with Crippen molar-refractivity contribution >= 4 is 6.21 Å². The van der Waals surface area contributed by atoms with Gasteiger partial charge in [-0.1, -0.05) is 39.5 Å². The molecule has 9 atom stereocenters. The summed E-state index contributed by atoms with van der Waals surface area (Å²) in [4.78, 5) is 7.85. The molecule has 1 saturated heterocycles. The highest BCUT2D eigenvalue weighted by atomic mass is 16.5. The quantitative estimate of drug-likeness (QED) is 0.588. The van der Waals surface area contributed by atoms with Gasteiger partial charge in [-0.15, -0.1) is 0 Å². The molecule has 2 heterocycles. The van der Waals surface area contributed by atoms with Crippen molar-refractivity contribution in [2.24, 2.45) is 40.5 Å². The van der Waals surface area contributed by atoms with Crippen molar-refractivity contribution in [2.45, 2.75) is 102 Å². The number of ether oxygens (including phenoxy) is 1. The number of hydrogen-bond acceptors (Lipinski definition) is 3. The van der Waals surface area contributed by atoms with Crippen molar-refractivity contribution < 1.29 is 4.74 Å². The van der Waals surface area contributed by atoms with Crippen LogP contribution in [0.15, 0.2) is 4.99 Å². The molecule has 0 radical (unpaired) electrons. The summed E-state index contributed by atoms with van der Waals surface area (Å²) in [7, 11) is 2.32. The number of fused-ring (bicyclic) bond motifs is 5. The average molecular weight is 373 g/mol. The van der Waals surface area contributed by atoms with Crippen LogP contribution in [-0.4, -0.2) is 41.6 Å². The SMILES string of the molecule is CC1CCC(C)C2C1C(C)(C)N(C)C21C=NC2CCC3CCCCC3C2O1. The summed E-state index contributed by atoms with van der Waals surface area (Å²) in [5, 5.41) is 0. The molecule has 1 spiro atoms. The average Bonchev–Trinajstić information content (AvgIpc) is 2.84. The van der Waals surface area contributed by atoms with Crippen molar-refractivity contribution in [3.63, 3.8) is 0 Å². The van der Waals surface area contributed by atoms with Gasteiger partial charge in [0.25, 0.3) is 0 Å². The van der Waals surface area contributed by atoms with Gasteiger partial charge in [-0.05, 0) is 76.2 Å². The van der Waals surface area contributed by atoms with E-state index in [-0.39, 0.29) is 11.3 Å². The van der Waals surface area contributed by atoms with Crippen LogP contribution < -0.4 is 0 Å². The van der Waals surface area contributed by atoms with E-state index in [1.807, 2.05) is 0 Å². The Hall–Kier alpha value is -0.410. The largest absolute Gasteiger partial charge is 0.349 e. The van der Waals surface area contributed by atoms with Crippen molar-refractivity contribution in [2.75, 3.05) is 7.05 Å². The Morgan fingerprint density at radius 3 is 2.41 bits per heavy atom. The lowest BCUT2D eigenvalue weighted by Crippen LogP contribution is -2.62. The summed E-state index contributed by atoms with van der Waals surface area (Å²) in [6.45, 7) is 9.88. The number of rotatable bonds is 0. The van der Waals surface area contributed by atoms with Crippen LogP contribution in [0.25, 0.3) is 0 Å². The highest BCUT2D eigenvalue weighted by Crippen LogP contribution is 2.60. The third-order valence-corrected chi connectivity index (χ3v) is 9.75. The molecule has 5 aliphatic rings. The summed E-state index contributed by atoms with van der Waals surface area (Å²) >= 11 is 0. The topological polar surface area (TPSA) is 24.8 Å². The Balaban J connectivity index is 1.55. The summed E-state index contributed by atoms with van der Waals surface area (Å²) in [6.07, 6.45) is 13.6. The van der Waals surface area contributed by atoms with Gasteiger partial charge >= 0.3 is 0 Å². The zero-order valence-corrected chi connectivity index (χ0v) is 18.2. The van der Waals surface area contributed by atoms with Gasteiger partial charge in [-0.3, -0.25) is 9.89 Å². The molecule has 3 heteroatoms. The standard InChI is InChI=1S/C24H40N2O/c1-15-10-11-16(2)21-20(15)23(3,4)26(5)24(21)14-25-19-13-12-17-8-6-7-9-18(17)22(19)27-24/h14-22H,6-13H2,1-5H3. The van der Waals surface area contributed by atoms with Crippen LogP contribution in [0.5, 0.6) is 0 Å². The van der Waals surface area contributed by atoms with E-state index >= 15 is 0 Å². The third kappa shape index (κ3) is 2.49. The molecule has 3 saturated carbocycles. The molecule has 152 valence electrons. The molecule has 0 aromatic carbocycles. The Morgan fingerprint density at radius 2 is 1.63 bits per heavy atom. The molecule has 0 aromatic heterocycles. The normalized spacial score (nSPS) is 54.4. The zero-order valence-electron chi connectivity index (χ0n) is 18.2. The van der Waals surface area contributed by atoms with Gasteiger partial charge in [-0.25, -0.2) is 0 Å². The predicted octanol–water partition coefficient (Wildman–Crippen LogP) is 5.14. The first-order chi connectivity index (χ1) is 12.9. The van der Waals surface area contributed by atoms with Crippen LogP contribution in [0, 0.1) is 35.5 Å². The minimum Gasteiger partial charge on any atom is -0.349 e. The molecule has 0 bridgehead atoms. The number of aliphatic imine (C=N–C) groups is 1. The van der Waals surface area contributed by atoms with Crippen molar-refractivity contribution in [1.29, 1.82) is 0 Å². The van der Waals surface area contributed by atoms with E-state index in [0.717, 1.165) is 17.8 Å². The fourth-order valence-corrected chi connectivity index (χ4v) is 8.26. The molecule has 5 rings (SSSR count). The minimum atomic E-state index is -0.275. The lowest BCUT2D eigenvalue weighted by molar-refractivity contribution is -0.200. The smallest absolute Gasteiger partial charge is 0.161 e. The van der Waals surface area contributed by atoms with Gasteiger partial charge < -0.3 is 4.74 Å². The highest BCUT2D eigenvalue weighted by Gasteiger charge is 2.67. The molecule has 0 N–H and O–H groups in total. The Labute approximate surface area is 166 Å².